The summed E-state index contributed by atoms with van der Waals surface area (Å²) in [6, 6.07) is 5.13. The third-order valence-corrected chi connectivity index (χ3v) is 4.06. The molecule has 3 aromatic heterocycles. The van der Waals surface area contributed by atoms with Crippen LogP contribution in [0.5, 0.6) is 0 Å². The van der Waals surface area contributed by atoms with Gasteiger partial charge in [-0.15, -0.1) is 10.2 Å². The number of rotatable bonds is 3. The second kappa shape index (κ2) is 5.62. The van der Waals surface area contributed by atoms with Crippen LogP contribution in [-0.2, 0) is 14.1 Å². The Labute approximate surface area is 132 Å². The average Bonchev–Trinajstić information content (AvgIpc) is 3.22. The van der Waals surface area contributed by atoms with Gasteiger partial charge < -0.3 is 8.83 Å². The zero-order valence-corrected chi connectivity index (χ0v) is 12.8. The van der Waals surface area contributed by atoms with Crippen molar-refractivity contribution in [3.8, 4) is 17.7 Å². The van der Waals surface area contributed by atoms with Crippen LogP contribution < -0.4 is 11.2 Å². The van der Waals surface area contributed by atoms with E-state index in [2.05, 4.69) is 10.2 Å². The molecule has 0 aliphatic carbocycles. The van der Waals surface area contributed by atoms with E-state index in [4.69, 9.17) is 8.83 Å². The molecule has 0 spiro atoms. The second-order valence-electron chi connectivity index (χ2n) is 4.45. The van der Waals surface area contributed by atoms with Crippen molar-refractivity contribution in [1.29, 1.82) is 5.26 Å². The first-order valence-corrected chi connectivity index (χ1v) is 7.10. The maximum absolute atomic E-state index is 12.0. The van der Waals surface area contributed by atoms with Crippen LogP contribution in [0.2, 0.25) is 0 Å². The standard InChI is InChI=1S/C13H9N5O4S/c1-17-10(19)7(6-14)11(18(2)13(17)20)23-12-16-15-9(22-12)8-4-3-5-21-8/h3-5H,1-2H3. The first kappa shape index (κ1) is 14.9. The highest BCUT2D eigenvalue weighted by Gasteiger charge is 2.20. The number of hydrogen-bond donors (Lipinski definition) is 0. The Hall–Kier alpha value is -3.06. The minimum atomic E-state index is -0.677. The van der Waals surface area contributed by atoms with Gasteiger partial charge in [0.1, 0.15) is 16.7 Å². The molecule has 3 aromatic rings. The summed E-state index contributed by atoms with van der Waals surface area (Å²) in [5.74, 6) is 0.549. The van der Waals surface area contributed by atoms with E-state index in [1.165, 1.54) is 24.9 Å². The van der Waals surface area contributed by atoms with Crippen molar-refractivity contribution in [3.05, 3.63) is 44.8 Å². The summed E-state index contributed by atoms with van der Waals surface area (Å²) in [6.45, 7) is 0. The highest BCUT2D eigenvalue weighted by molar-refractivity contribution is 7.99. The normalized spacial score (nSPS) is 10.7. The summed E-state index contributed by atoms with van der Waals surface area (Å²) < 4.78 is 12.6. The van der Waals surface area contributed by atoms with E-state index in [0.717, 1.165) is 16.3 Å². The summed E-state index contributed by atoms with van der Waals surface area (Å²) in [6.07, 6.45) is 1.46. The highest BCUT2D eigenvalue weighted by atomic mass is 32.2. The first-order valence-electron chi connectivity index (χ1n) is 6.28. The molecule has 0 saturated carbocycles. The minimum absolute atomic E-state index is 0.0798. The van der Waals surface area contributed by atoms with Crippen molar-refractivity contribution >= 4 is 11.8 Å². The van der Waals surface area contributed by atoms with E-state index in [0.29, 0.717) is 5.76 Å². The molecule has 3 rings (SSSR count). The van der Waals surface area contributed by atoms with Crippen molar-refractivity contribution < 1.29 is 8.83 Å². The fourth-order valence-corrected chi connectivity index (χ4v) is 2.69. The van der Waals surface area contributed by atoms with E-state index < -0.39 is 11.2 Å². The van der Waals surface area contributed by atoms with Gasteiger partial charge in [0.25, 0.3) is 16.7 Å². The molecule has 116 valence electrons. The van der Waals surface area contributed by atoms with Gasteiger partial charge in [-0.3, -0.25) is 13.9 Å². The maximum atomic E-state index is 12.0. The third-order valence-electron chi connectivity index (χ3n) is 3.05. The molecule has 0 radical (unpaired) electrons. The van der Waals surface area contributed by atoms with Crippen LogP contribution in [0.1, 0.15) is 5.56 Å². The molecule has 10 heteroatoms. The smallest absolute Gasteiger partial charge is 0.331 e. The van der Waals surface area contributed by atoms with Gasteiger partial charge in [0.2, 0.25) is 0 Å². The monoisotopic (exact) mass is 331 g/mol. The summed E-state index contributed by atoms with van der Waals surface area (Å²) in [5, 5.41) is 17.0. The molecule has 3 heterocycles. The van der Waals surface area contributed by atoms with Crippen LogP contribution in [0.25, 0.3) is 11.7 Å². The van der Waals surface area contributed by atoms with Gasteiger partial charge in [0, 0.05) is 14.1 Å². The predicted octanol–water partition coefficient (Wildman–Crippen LogP) is 0.750. The lowest BCUT2D eigenvalue weighted by atomic mass is 10.3. The number of nitrogens with zero attached hydrogens (tertiary/aromatic N) is 5. The quantitative estimate of drug-likeness (QED) is 0.645. The topological polar surface area (TPSA) is 120 Å². The minimum Gasteiger partial charge on any atom is -0.459 e. The van der Waals surface area contributed by atoms with Crippen LogP contribution in [-0.4, -0.2) is 19.3 Å². The molecule has 0 amide bonds. The van der Waals surface area contributed by atoms with Crippen LogP contribution in [0, 0.1) is 11.3 Å². The van der Waals surface area contributed by atoms with Crippen molar-refractivity contribution in [2.24, 2.45) is 14.1 Å². The first-order chi connectivity index (χ1) is 11.0. The zero-order valence-electron chi connectivity index (χ0n) is 12.0. The largest absolute Gasteiger partial charge is 0.459 e. The van der Waals surface area contributed by atoms with Gasteiger partial charge >= 0.3 is 5.69 Å². The molecule has 0 atom stereocenters. The SMILES string of the molecule is Cn1c(Sc2nnc(-c3ccco3)o2)c(C#N)c(=O)n(C)c1=O. The molecule has 0 bridgehead atoms. The molecule has 0 aromatic carbocycles. The Morgan fingerprint density at radius 3 is 2.70 bits per heavy atom. The molecule has 0 aliphatic heterocycles. The fraction of sp³-hybridized carbons (Fsp3) is 0.154. The van der Waals surface area contributed by atoms with Crippen molar-refractivity contribution in [1.82, 2.24) is 19.3 Å². The molecule has 23 heavy (non-hydrogen) atoms. The van der Waals surface area contributed by atoms with Crippen LogP contribution >= 0.6 is 11.8 Å². The van der Waals surface area contributed by atoms with Crippen LogP contribution in [0.15, 0.2) is 47.1 Å². The molecular formula is C13H9N5O4S. The Morgan fingerprint density at radius 2 is 2.04 bits per heavy atom. The summed E-state index contributed by atoms with van der Waals surface area (Å²) in [4.78, 5) is 24.0. The fourth-order valence-electron chi connectivity index (χ4n) is 1.87. The molecule has 0 unspecified atom stereocenters. The second-order valence-corrected chi connectivity index (χ2v) is 5.39. The van der Waals surface area contributed by atoms with Crippen LogP contribution in [0.4, 0.5) is 0 Å². The average molecular weight is 331 g/mol. The lowest BCUT2D eigenvalue weighted by Crippen LogP contribution is -2.39. The highest BCUT2D eigenvalue weighted by Crippen LogP contribution is 2.29. The molecular weight excluding hydrogens is 322 g/mol. The molecule has 0 saturated heterocycles. The number of nitriles is 1. The Kier molecular flexibility index (Phi) is 3.63. The van der Waals surface area contributed by atoms with E-state index in [1.807, 2.05) is 0 Å². The van der Waals surface area contributed by atoms with E-state index in [-0.39, 0.29) is 21.7 Å². The van der Waals surface area contributed by atoms with E-state index in [9.17, 15) is 14.9 Å². The maximum Gasteiger partial charge on any atom is 0.331 e. The van der Waals surface area contributed by atoms with Gasteiger partial charge in [-0.2, -0.15) is 5.26 Å². The number of hydrogen-bond acceptors (Lipinski definition) is 8. The Bertz CT molecular complexity index is 1020. The van der Waals surface area contributed by atoms with Gasteiger partial charge in [-0.1, -0.05) is 0 Å². The van der Waals surface area contributed by atoms with E-state index in [1.54, 1.807) is 18.2 Å². The Morgan fingerprint density at radius 1 is 1.26 bits per heavy atom. The lowest BCUT2D eigenvalue weighted by molar-refractivity contribution is 0.446. The number of furan rings is 1. The number of aromatic nitrogens is 4. The summed E-state index contributed by atoms with van der Waals surface area (Å²) >= 11 is 0.866. The van der Waals surface area contributed by atoms with Crippen molar-refractivity contribution in [3.63, 3.8) is 0 Å². The van der Waals surface area contributed by atoms with Gasteiger partial charge in [-0.25, -0.2) is 4.79 Å². The zero-order chi connectivity index (χ0) is 16.6. The van der Waals surface area contributed by atoms with Crippen molar-refractivity contribution in [2.75, 3.05) is 0 Å². The summed E-state index contributed by atoms with van der Waals surface area (Å²) in [7, 11) is 2.76. The molecule has 0 aliphatic rings. The predicted molar refractivity (Wildman–Crippen MR) is 77.8 cm³/mol. The molecule has 9 nitrogen and oxygen atoms in total. The third kappa shape index (κ3) is 2.47. The van der Waals surface area contributed by atoms with Gasteiger partial charge in [0.15, 0.2) is 5.76 Å². The molecule has 0 N–H and O–H groups in total. The van der Waals surface area contributed by atoms with Crippen molar-refractivity contribution in [2.45, 2.75) is 10.2 Å². The van der Waals surface area contributed by atoms with E-state index >= 15 is 0 Å². The lowest BCUT2D eigenvalue weighted by Gasteiger charge is -2.08. The van der Waals surface area contributed by atoms with Crippen LogP contribution in [0.3, 0.4) is 0 Å². The molecule has 0 fully saturated rings. The van der Waals surface area contributed by atoms with Gasteiger partial charge in [0.05, 0.1) is 6.26 Å². The van der Waals surface area contributed by atoms with Gasteiger partial charge in [-0.05, 0) is 23.9 Å². The Balaban J connectivity index is 2.06. The summed E-state index contributed by atoms with van der Waals surface area (Å²) in [5.41, 5.74) is -1.40.